The van der Waals surface area contributed by atoms with Crippen LogP contribution in [0.2, 0.25) is 0 Å². The fourth-order valence-electron chi connectivity index (χ4n) is 3.67. The van der Waals surface area contributed by atoms with Gasteiger partial charge in [-0.3, -0.25) is 14.4 Å². The Hall–Kier alpha value is -3.03. The van der Waals surface area contributed by atoms with E-state index < -0.39 is 12.1 Å². The Morgan fingerprint density at radius 1 is 0.971 bits per heavy atom. The maximum absolute atomic E-state index is 12.9. The van der Waals surface area contributed by atoms with Crippen LogP contribution in [0.1, 0.15) is 67.9 Å². The first-order chi connectivity index (χ1) is 16.8. The molecule has 0 bridgehead atoms. The highest BCUT2D eigenvalue weighted by Crippen LogP contribution is 2.12. The van der Waals surface area contributed by atoms with E-state index >= 15 is 0 Å². The SMILES string of the molecule is CCC(C)[C@H](NC(=O)c1ccc(CN)cc1)C(=O)NCCCCC(OCc1ccccc1)C(C)=O. The minimum atomic E-state index is -0.624. The topological polar surface area (TPSA) is 111 Å². The monoisotopic (exact) mass is 481 g/mol. The summed E-state index contributed by atoms with van der Waals surface area (Å²) in [6.07, 6.45) is 2.36. The summed E-state index contributed by atoms with van der Waals surface area (Å²) in [5.41, 5.74) is 8.08. The van der Waals surface area contributed by atoms with Gasteiger partial charge >= 0.3 is 0 Å². The Morgan fingerprint density at radius 2 is 1.66 bits per heavy atom. The summed E-state index contributed by atoms with van der Waals surface area (Å²) in [7, 11) is 0. The molecule has 0 fully saturated rings. The van der Waals surface area contributed by atoms with Crippen LogP contribution < -0.4 is 16.4 Å². The highest BCUT2D eigenvalue weighted by Gasteiger charge is 2.26. The Kier molecular flexibility index (Phi) is 12.1. The van der Waals surface area contributed by atoms with Crippen molar-refractivity contribution in [1.29, 1.82) is 0 Å². The van der Waals surface area contributed by atoms with Crippen LogP contribution in [-0.2, 0) is 27.5 Å². The number of hydrogen-bond acceptors (Lipinski definition) is 5. The van der Waals surface area contributed by atoms with Crippen molar-refractivity contribution in [3.63, 3.8) is 0 Å². The first-order valence-corrected chi connectivity index (χ1v) is 12.4. The van der Waals surface area contributed by atoms with Crippen LogP contribution in [0.25, 0.3) is 0 Å². The number of unbranched alkanes of at least 4 members (excludes halogenated alkanes) is 1. The molecule has 0 spiro atoms. The van der Waals surface area contributed by atoms with Crippen molar-refractivity contribution in [3.05, 3.63) is 71.3 Å². The van der Waals surface area contributed by atoms with Gasteiger partial charge < -0.3 is 21.1 Å². The van der Waals surface area contributed by atoms with Crippen LogP contribution in [0.5, 0.6) is 0 Å². The molecule has 0 aromatic heterocycles. The molecule has 190 valence electrons. The molecular formula is C28H39N3O4. The largest absolute Gasteiger partial charge is 0.366 e. The van der Waals surface area contributed by atoms with Crippen molar-refractivity contribution >= 4 is 17.6 Å². The molecule has 3 atom stereocenters. The Morgan fingerprint density at radius 3 is 2.26 bits per heavy atom. The van der Waals surface area contributed by atoms with Crippen LogP contribution in [0, 0.1) is 5.92 Å². The van der Waals surface area contributed by atoms with E-state index in [1.165, 1.54) is 0 Å². The lowest BCUT2D eigenvalue weighted by atomic mass is 9.97. The number of ether oxygens (including phenoxy) is 1. The van der Waals surface area contributed by atoms with Crippen molar-refractivity contribution < 1.29 is 19.1 Å². The van der Waals surface area contributed by atoms with Crippen LogP contribution in [0.3, 0.4) is 0 Å². The average Bonchev–Trinajstić information content (AvgIpc) is 2.88. The third kappa shape index (κ3) is 9.62. The van der Waals surface area contributed by atoms with Gasteiger partial charge in [0.15, 0.2) is 5.78 Å². The molecule has 0 heterocycles. The van der Waals surface area contributed by atoms with Gasteiger partial charge in [-0.2, -0.15) is 0 Å². The molecule has 7 nitrogen and oxygen atoms in total. The summed E-state index contributed by atoms with van der Waals surface area (Å²) in [5.74, 6) is -0.497. The normalized spacial score (nSPS) is 13.5. The number of hydrogen-bond donors (Lipinski definition) is 3. The summed E-state index contributed by atoms with van der Waals surface area (Å²) in [4.78, 5) is 37.5. The van der Waals surface area contributed by atoms with Crippen LogP contribution in [0.4, 0.5) is 0 Å². The van der Waals surface area contributed by atoms with E-state index in [1.54, 1.807) is 19.1 Å². The smallest absolute Gasteiger partial charge is 0.251 e. The van der Waals surface area contributed by atoms with E-state index in [1.807, 2.05) is 56.3 Å². The minimum absolute atomic E-state index is 0.00371. The van der Waals surface area contributed by atoms with Crippen molar-refractivity contribution in [2.75, 3.05) is 6.54 Å². The Labute approximate surface area is 208 Å². The Balaban J connectivity index is 1.80. The zero-order chi connectivity index (χ0) is 25.6. The van der Waals surface area contributed by atoms with Crippen LogP contribution in [0.15, 0.2) is 54.6 Å². The molecule has 35 heavy (non-hydrogen) atoms. The lowest BCUT2D eigenvalue weighted by Gasteiger charge is -2.23. The second-order valence-corrected chi connectivity index (χ2v) is 8.92. The first-order valence-electron chi connectivity index (χ1n) is 12.4. The molecule has 2 aromatic carbocycles. The average molecular weight is 482 g/mol. The highest BCUT2D eigenvalue weighted by molar-refractivity contribution is 5.97. The quantitative estimate of drug-likeness (QED) is 0.336. The number of amides is 2. The van der Waals surface area contributed by atoms with E-state index in [0.29, 0.717) is 38.1 Å². The molecule has 0 radical (unpaired) electrons. The fourth-order valence-corrected chi connectivity index (χ4v) is 3.67. The van der Waals surface area contributed by atoms with Crippen molar-refractivity contribution in [2.24, 2.45) is 11.7 Å². The lowest BCUT2D eigenvalue weighted by Crippen LogP contribution is -2.50. The van der Waals surface area contributed by atoms with E-state index in [4.69, 9.17) is 10.5 Å². The van der Waals surface area contributed by atoms with Gasteiger partial charge in [0, 0.05) is 18.7 Å². The van der Waals surface area contributed by atoms with Gasteiger partial charge in [0.25, 0.3) is 5.91 Å². The minimum Gasteiger partial charge on any atom is -0.366 e. The summed E-state index contributed by atoms with van der Waals surface area (Å²) in [6.45, 7) is 6.75. The number of nitrogens with one attached hydrogen (secondary N) is 2. The zero-order valence-electron chi connectivity index (χ0n) is 21.1. The molecule has 0 aliphatic heterocycles. The zero-order valence-corrected chi connectivity index (χ0v) is 21.1. The standard InChI is InChI=1S/C28H39N3O4/c1-4-20(2)26(31-27(33)24-15-13-22(18-29)14-16-24)28(34)30-17-9-8-12-25(21(3)32)35-19-23-10-6-5-7-11-23/h5-7,10-11,13-16,20,25-26H,4,8-9,12,17-19,29H2,1-3H3,(H,30,34)(H,31,33)/t20?,25?,26-/m0/s1. The van der Waals surface area contributed by atoms with Gasteiger partial charge in [-0.1, -0.05) is 62.7 Å². The number of Topliss-reactive ketones (excluding diaryl/α,β-unsaturated/α-hetero) is 1. The molecule has 7 heteroatoms. The van der Waals surface area contributed by atoms with E-state index in [-0.39, 0.29) is 23.5 Å². The molecule has 0 saturated carbocycles. The molecule has 2 aromatic rings. The summed E-state index contributed by atoms with van der Waals surface area (Å²) in [6, 6.07) is 16.2. The number of carbonyl (C=O) groups is 3. The molecule has 0 aliphatic carbocycles. The van der Waals surface area contributed by atoms with Gasteiger partial charge in [0.05, 0.1) is 6.61 Å². The molecule has 4 N–H and O–H groups in total. The predicted octanol–water partition coefficient (Wildman–Crippen LogP) is 3.75. The van der Waals surface area contributed by atoms with Gasteiger partial charge in [-0.05, 0) is 55.4 Å². The maximum Gasteiger partial charge on any atom is 0.251 e. The van der Waals surface area contributed by atoms with Gasteiger partial charge in [0.2, 0.25) is 5.91 Å². The number of ketones is 1. The second kappa shape index (κ2) is 15.1. The first kappa shape index (κ1) is 28.2. The van der Waals surface area contributed by atoms with Gasteiger partial charge in [-0.15, -0.1) is 0 Å². The summed E-state index contributed by atoms with van der Waals surface area (Å²) < 4.78 is 5.81. The van der Waals surface area contributed by atoms with E-state index in [0.717, 1.165) is 24.0 Å². The van der Waals surface area contributed by atoms with Gasteiger partial charge in [-0.25, -0.2) is 0 Å². The van der Waals surface area contributed by atoms with Gasteiger partial charge in [0.1, 0.15) is 12.1 Å². The van der Waals surface area contributed by atoms with E-state index in [9.17, 15) is 14.4 Å². The number of rotatable bonds is 15. The summed E-state index contributed by atoms with van der Waals surface area (Å²) >= 11 is 0. The molecule has 2 amide bonds. The second-order valence-electron chi connectivity index (χ2n) is 8.92. The Bertz CT molecular complexity index is 931. The van der Waals surface area contributed by atoms with E-state index in [2.05, 4.69) is 10.6 Å². The third-order valence-corrected chi connectivity index (χ3v) is 6.17. The third-order valence-electron chi connectivity index (χ3n) is 6.17. The maximum atomic E-state index is 12.9. The molecule has 0 saturated heterocycles. The van der Waals surface area contributed by atoms with Crippen molar-refractivity contribution in [2.45, 2.75) is 71.8 Å². The molecule has 0 aliphatic rings. The number of carbonyl (C=O) groups excluding carboxylic acids is 3. The predicted molar refractivity (Wildman–Crippen MR) is 138 cm³/mol. The summed E-state index contributed by atoms with van der Waals surface area (Å²) in [5, 5.41) is 5.82. The number of benzene rings is 2. The lowest BCUT2D eigenvalue weighted by molar-refractivity contribution is -0.129. The van der Waals surface area contributed by atoms with Crippen LogP contribution in [-0.4, -0.2) is 36.3 Å². The fraction of sp³-hybridized carbons (Fsp3) is 0.464. The van der Waals surface area contributed by atoms with Crippen molar-refractivity contribution in [3.8, 4) is 0 Å². The highest BCUT2D eigenvalue weighted by atomic mass is 16.5. The molecule has 2 rings (SSSR count). The van der Waals surface area contributed by atoms with Crippen LogP contribution >= 0.6 is 0 Å². The molecular weight excluding hydrogens is 442 g/mol. The number of nitrogens with two attached hydrogens (primary N) is 1. The molecule has 2 unspecified atom stereocenters. The van der Waals surface area contributed by atoms with Crippen molar-refractivity contribution in [1.82, 2.24) is 10.6 Å².